The number of aromatic nitrogens is 2. The smallest absolute Gasteiger partial charge is 0.226 e. The summed E-state index contributed by atoms with van der Waals surface area (Å²) in [6, 6.07) is 15.4. The Morgan fingerprint density at radius 1 is 1.08 bits per heavy atom. The molecule has 3 aromatic rings. The number of nitrogens with one attached hydrogen (secondary N) is 1. The summed E-state index contributed by atoms with van der Waals surface area (Å²) in [6.07, 6.45) is 1.08. The quantitative estimate of drug-likeness (QED) is 0.686. The molecule has 0 aliphatic rings. The normalized spacial score (nSPS) is 10.4. The van der Waals surface area contributed by atoms with Crippen LogP contribution in [0.5, 0.6) is 11.5 Å². The zero-order chi connectivity index (χ0) is 18.4. The maximum Gasteiger partial charge on any atom is 0.226 e. The second-order valence-electron chi connectivity index (χ2n) is 5.51. The molecule has 0 spiro atoms. The number of carbonyl (C=O) groups excluding carboxylic acids is 1. The number of methoxy groups -OCH3 is 2. The number of aryl methyl sites for hydroxylation is 1. The maximum absolute atomic E-state index is 12.1. The number of nitrogens with zero attached hydrogens (tertiary/aromatic N) is 2. The molecule has 26 heavy (non-hydrogen) atoms. The van der Waals surface area contributed by atoms with Crippen molar-refractivity contribution in [1.29, 1.82) is 0 Å². The van der Waals surface area contributed by atoms with E-state index in [0.29, 0.717) is 34.5 Å². The fourth-order valence-corrected chi connectivity index (χ4v) is 3.23. The van der Waals surface area contributed by atoms with E-state index < -0.39 is 0 Å². The van der Waals surface area contributed by atoms with Crippen LogP contribution in [0.4, 0.5) is 5.13 Å². The minimum atomic E-state index is -0.0850. The predicted octanol–water partition coefficient (Wildman–Crippen LogP) is 3.79. The molecule has 0 saturated carbocycles. The second-order valence-corrected chi connectivity index (χ2v) is 6.49. The van der Waals surface area contributed by atoms with Crippen LogP contribution in [0.2, 0.25) is 0 Å². The average Bonchev–Trinajstić information content (AvgIpc) is 3.14. The zero-order valence-electron chi connectivity index (χ0n) is 14.6. The summed E-state index contributed by atoms with van der Waals surface area (Å²) in [5.74, 6) is 1.25. The van der Waals surface area contributed by atoms with Crippen LogP contribution in [-0.4, -0.2) is 30.3 Å². The number of hydrogen-bond acceptors (Lipinski definition) is 6. The standard InChI is InChI=1S/C19H19N3O3S/c1-24-14-9-10-15(16(12-14)25-2)18-21-22-19(26-18)20-17(23)11-8-13-6-4-3-5-7-13/h3-7,9-10,12H,8,11H2,1-2H3,(H,20,22,23). The molecule has 0 aliphatic heterocycles. The molecule has 134 valence electrons. The van der Waals surface area contributed by atoms with E-state index in [1.807, 2.05) is 42.5 Å². The molecule has 1 aromatic heterocycles. The van der Waals surface area contributed by atoms with Crippen LogP contribution in [0.15, 0.2) is 48.5 Å². The number of benzene rings is 2. The van der Waals surface area contributed by atoms with Gasteiger partial charge in [-0.3, -0.25) is 4.79 Å². The summed E-state index contributed by atoms with van der Waals surface area (Å²) in [6.45, 7) is 0. The number of carbonyl (C=O) groups is 1. The van der Waals surface area contributed by atoms with Gasteiger partial charge in [-0.1, -0.05) is 41.7 Å². The average molecular weight is 369 g/mol. The lowest BCUT2D eigenvalue weighted by Gasteiger charge is -2.07. The van der Waals surface area contributed by atoms with Gasteiger partial charge in [-0.05, 0) is 24.1 Å². The first-order valence-electron chi connectivity index (χ1n) is 8.09. The lowest BCUT2D eigenvalue weighted by Crippen LogP contribution is -2.12. The van der Waals surface area contributed by atoms with Crippen LogP contribution in [0.3, 0.4) is 0 Å². The van der Waals surface area contributed by atoms with Gasteiger partial charge in [0.2, 0.25) is 11.0 Å². The van der Waals surface area contributed by atoms with E-state index in [1.54, 1.807) is 20.3 Å². The first-order chi connectivity index (χ1) is 12.7. The minimum absolute atomic E-state index is 0.0850. The van der Waals surface area contributed by atoms with Crippen molar-refractivity contribution in [3.63, 3.8) is 0 Å². The molecule has 2 aromatic carbocycles. The summed E-state index contributed by atoms with van der Waals surface area (Å²) in [5, 5.41) is 12.2. The highest BCUT2D eigenvalue weighted by Gasteiger charge is 2.14. The Morgan fingerprint density at radius 2 is 1.88 bits per heavy atom. The van der Waals surface area contributed by atoms with Crippen LogP contribution in [-0.2, 0) is 11.2 Å². The van der Waals surface area contributed by atoms with Gasteiger partial charge in [0, 0.05) is 12.5 Å². The van der Waals surface area contributed by atoms with Crippen molar-refractivity contribution in [2.45, 2.75) is 12.8 Å². The molecule has 0 fully saturated rings. The number of amides is 1. The van der Waals surface area contributed by atoms with Crippen LogP contribution in [0.25, 0.3) is 10.6 Å². The summed E-state index contributed by atoms with van der Waals surface area (Å²) in [5.41, 5.74) is 1.93. The van der Waals surface area contributed by atoms with Crippen molar-refractivity contribution in [3.05, 3.63) is 54.1 Å². The highest BCUT2D eigenvalue weighted by atomic mass is 32.1. The largest absolute Gasteiger partial charge is 0.497 e. The number of ether oxygens (including phenoxy) is 2. The predicted molar refractivity (Wildman–Crippen MR) is 102 cm³/mol. The Kier molecular flexibility index (Phi) is 5.80. The second kappa shape index (κ2) is 8.44. The van der Waals surface area contributed by atoms with E-state index in [0.717, 1.165) is 11.1 Å². The molecule has 1 amide bonds. The molecular weight excluding hydrogens is 350 g/mol. The van der Waals surface area contributed by atoms with Crippen molar-refractivity contribution in [1.82, 2.24) is 10.2 Å². The minimum Gasteiger partial charge on any atom is -0.497 e. The van der Waals surface area contributed by atoms with E-state index in [1.165, 1.54) is 11.3 Å². The molecule has 3 rings (SSSR count). The van der Waals surface area contributed by atoms with E-state index in [-0.39, 0.29) is 5.91 Å². The van der Waals surface area contributed by atoms with Crippen LogP contribution >= 0.6 is 11.3 Å². The van der Waals surface area contributed by atoms with Gasteiger partial charge in [-0.15, -0.1) is 10.2 Å². The van der Waals surface area contributed by atoms with Gasteiger partial charge >= 0.3 is 0 Å². The first kappa shape index (κ1) is 17.9. The zero-order valence-corrected chi connectivity index (χ0v) is 15.4. The molecule has 0 unspecified atom stereocenters. The Hall–Kier alpha value is -2.93. The van der Waals surface area contributed by atoms with Crippen LogP contribution < -0.4 is 14.8 Å². The molecule has 6 nitrogen and oxygen atoms in total. The Labute approximate surface area is 155 Å². The van der Waals surface area contributed by atoms with Crippen LogP contribution in [0.1, 0.15) is 12.0 Å². The van der Waals surface area contributed by atoms with Gasteiger partial charge in [0.1, 0.15) is 11.5 Å². The Balaban J connectivity index is 1.65. The summed E-state index contributed by atoms with van der Waals surface area (Å²) in [4.78, 5) is 12.1. The van der Waals surface area contributed by atoms with Crippen molar-refractivity contribution in [2.75, 3.05) is 19.5 Å². The molecule has 1 heterocycles. The molecule has 0 radical (unpaired) electrons. The molecule has 7 heteroatoms. The molecule has 0 saturated heterocycles. The topological polar surface area (TPSA) is 73.3 Å². The van der Waals surface area contributed by atoms with Crippen LogP contribution in [0, 0.1) is 0 Å². The molecule has 0 aliphatic carbocycles. The highest BCUT2D eigenvalue weighted by Crippen LogP contribution is 2.35. The van der Waals surface area contributed by atoms with Gasteiger partial charge in [0.25, 0.3) is 0 Å². The van der Waals surface area contributed by atoms with E-state index in [2.05, 4.69) is 15.5 Å². The lowest BCUT2D eigenvalue weighted by atomic mass is 10.1. The molecule has 1 N–H and O–H groups in total. The molecule has 0 bridgehead atoms. The fraction of sp³-hybridized carbons (Fsp3) is 0.211. The third-order valence-electron chi connectivity index (χ3n) is 3.79. The van der Waals surface area contributed by atoms with Gasteiger partial charge in [-0.2, -0.15) is 0 Å². The SMILES string of the molecule is COc1ccc(-c2nnc(NC(=O)CCc3ccccc3)s2)c(OC)c1. The monoisotopic (exact) mass is 369 g/mol. The highest BCUT2D eigenvalue weighted by molar-refractivity contribution is 7.18. The molecular formula is C19H19N3O3S. The van der Waals surface area contributed by atoms with Crippen molar-refractivity contribution < 1.29 is 14.3 Å². The number of anilines is 1. The van der Waals surface area contributed by atoms with Crippen molar-refractivity contribution >= 4 is 22.4 Å². The van der Waals surface area contributed by atoms with Gasteiger partial charge in [0.15, 0.2) is 5.01 Å². The fourth-order valence-electron chi connectivity index (χ4n) is 2.44. The van der Waals surface area contributed by atoms with E-state index >= 15 is 0 Å². The van der Waals surface area contributed by atoms with Gasteiger partial charge in [-0.25, -0.2) is 0 Å². The van der Waals surface area contributed by atoms with E-state index in [4.69, 9.17) is 9.47 Å². The lowest BCUT2D eigenvalue weighted by molar-refractivity contribution is -0.116. The number of rotatable bonds is 7. The third kappa shape index (κ3) is 4.37. The Bertz CT molecular complexity index is 881. The van der Waals surface area contributed by atoms with Crippen molar-refractivity contribution in [3.8, 4) is 22.1 Å². The first-order valence-corrected chi connectivity index (χ1v) is 8.91. The number of hydrogen-bond donors (Lipinski definition) is 1. The molecule has 0 atom stereocenters. The third-order valence-corrected chi connectivity index (χ3v) is 4.67. The summed E-state index contributed by atoms with van der Waals surface area (Å²) < 4.78 is 10.6. The van der Waals surface area contributed by atoms with Gasteiger partial charge in [0.05, 0.1) is 19.8 Å². The van der Waals surface area contributed by atoms with Crippen molar-refractivity contribution in [2.24, 2.45) is 0 Å². The summed E-state index contributed by atoms with van der Waals surface area (Å²) in [7, 11) is 3.19. The maximum atomic E-state index is 12.1. The summed E-state index contributed by atoms with van der Waals surface area (Å²) >= 11 is 1.30. The van der Waals surface area contributed by atoms with Gasteiger partial charge < -0.3 is 14.8 Å². The Morgan fingerprint density at radius 3 is 2.62 bits per heavy atom. The van der Waals surface area contributed by atoms with E-state index in [9.17, 15) is 4.79 Å².